The van der Waals surface area contributed by atoms with Gasteiger partial charge in [0.25, 0.3) is 0 Å². The van der Waals surface area contributed by atoms with Gasteiger partial charge in [-0.05, 0) is 60.9 Å². The molecule has 1 atom stereocenters. The maximum absolute atomic E-state index is 13.9. The molecule has 1 aliphatic rings. The van der Waals surface area contributed by atoms with Crippen molar-refractivity contribution in [2.24, 2.45) is 5.73 Å². The van der Waals surface area contributed by atoms with Crippen molar-refractivity contribution in [1.82, 2.24) is 0 Å². The molecule has 0 radical (unpaired) electrons. The van der Waals surface area contributed by atoms with Crippen molar-refractivity contribution in [1.29, 1.82) is 0 Å². The first kappa shape index (κ1) is 14.2. The van der Waals surface area contributed by atoms with Crippen LogP contribution in [0.3, 0.4) is 0 Å². The van der Waals surface area contributed by atoms with Gasteiger partial charge in [0.1, 0.15) is 11.6 Å². The first-order valence-electron chi connectivity index (χ1n) is 7.36. The summed E-state index contributed by atoms with van der Waals surface area (Å²) in [6.07, 6.45) is 4.03. The van der Waals surface area contributed by atoms with Crippen LogP contribution in [-0.4, -0.2) is 0 Å². The fourth-order valence-corrected chi connectivity index (χ4v) is 3.08. The van der Waals surface area contributed by atoms with E-state index in [4.69, 9.17) is 5.73 Å². The van der Waals surface area contributed by atoms with Crippen molar-refractivity contribution in [3.63, 3.8) is 0 Å². The smallest absolute Gasteiger partial charge is 0.130 e. The lowest BCUT2D eigenvalue weighted by Crippen LogP contribution is -2.16. The number of fused-ring (bicyclic) bond motifs is 1. The molecule has 0 amide bonds. The zero-order chi connectivity index (χ0) is 15.0. The van der Waals surface area contributed by atoms with Crippen LogP contribution in [0.15, 0.2) is 30.3 Å². The number of nitrogens with two attached hydrogens (primary N) is 1. The molecule has 2 N–H and O–H groups in total. The van der Waals surface area contributed by atoms with Crippen molar-refractivity contribution in [3.05, 3.63) is 69.8 Å². The molecule has 3 rings (SSSR count). The van der Waals surface area contributed by atoms with Gasteiger partial charge in [-0.1, -0.05) is 18.2 Å². The van der Waals surface area contributed by atoms with Crippen molar-refractivity contribution in [2.75, 3.05) is 0 Å². The van der Waals surface area contributed by atoms with E-state index in [1.165, 1.54) is 23.6 Å². The molecule has 1 nitrogen and oxygen atoms in total. The van der Waals surface area contributed by atoms with E-state index in [1.807, 2.05) is 0 Å². The standard InChI is InChI=1S/C18H19F2N/c1-11-7-15(17(20)10-16(11)19)18(21)9-12-5-6-13-3-2-4-14(13)8-12/h5-8,10,18H,2-4,9,21H2,1H3. The van der Waals surface area contributed by atoms with Crippen LogP contribution < -0.4 is 5.73 Å². The Labute approximate surface area is 123 Å². The van der Waals surface area contributed by atoms with Gasteiger partial charge in [0, 0.05) is 17.7 Å². The number of hydrogen-bond donors (Lipinski definition) is 1. The summed E-state index contributed by atoms with van der Waals surface area (Å²) in [5, 5.41) is 0. The number of rotatable bonds is 3. The minimum atomic E-state index is -0.563. The van der Waals surface area contributed by atoms with Crippen LogP contribution in [0.4, 0.5) is 8.78 Å². The number of benzene rings is 2. The highest BCUT2D eigenvalue weighted by Crippen LogP contribution is 2.26. The van der Waals surface area contributed by atoms with E-state index in [-0.39, 0.29) is 0 Å². The second-order valence-corrected chi connectivity index (χ2v) is 5.89. The molecule has 0 aliphatic heterocycles. The molecule has 21 heavy (non-hydrogen) atoms. The normalized spacial score (nSPS) is 15.0. The summed E-state index contributed by atoms with van der Waals surface area (Å²) in [7, 11) is 0. The van der Waals surface area contributed by atoms with Crippen molar-refractivity contribution < 1.29 is 8.78 Å². The van der Waals surface area contributed by atoms with Gasteiger partial charge in [-0.3, -0.25) is 0 Å². The second-order valence-electron chi connectivity index (χ2n) is 5.89. The summed E-state index contributed by atoms with van der Waals surface area (Å²) >= 11 is 0. The average molecular weight is 287 g/mol. The lowest BCUT2D eigenvalue weighted by Gasteiger charge is -2.15. The van der Waals surface area contributed by atoms with Gasteiger partial charge in [-0.15, -0.1) is 0 Å². The second kappa shape index (κ2) is 5.57. The molecule has 3 heteroatoms. The highest BCUT2D eigenvalue weighted by molar-refractivity contribution is 5.36. The Hall–Kier alpha value is -1.74. The molecule has 0 saturated carbocycles. The molecule has 0 fully saturated rings. The van der Waals surface area contributed by atoms with Gasteiger partial charge in [-0.2, -0.15) is 0 Å². The molecule has 1 aliphatic carbocycles. The molecule has 0 saturated heterocycles. The average Bonchev–Trinajstić information content (AvgIpc) is 2.90. The topological polar surface area (TPSA) is 26.0 Å². The summed E-state index contributed by atoms with van der Waals surface area (Å²) in [6, 6.07) is 8.38. The van der Waals surface area contributed by atoms with Crippen LogP contribution in [0.5, 0.6) is 0 Å². The lowest BCUT2D eigenvalue weighted by atomic mass is 9.96. The minimum absolute atomic E-state index is 0.384. The molecule has 0 bridgehead atoms. The third-order valence-corrected chi connectivity index (χ3v) is 4.30. The molecule has 0 aromatic heterocycles. The molecule has 2 aromatic rings. The fraction of sp³-hybridized carbons (Fsp3) is 0.333. The van der Waals surface area contributed by atoms with Crippen LogP contribution in [0.2, 0.25) is 0 Å². The minimum Gasteiger partial charge on any atom is -0.324 e. The Morgan fingerprint density at radius 1 is 1.05 bits per heavy atom. The summed E-state index contributed by atoms with van der Waals surface area (Å²) < 4.78 is 27.2. The van der Waals surface area contributed by atoms with Crippen molar-refractivity contribution in [3.8, 4) is 0 Å². The molecular formula is C18H19F2N. The molecule has 0 heterocycles. The zero-order valence-electron chi connectivity index (χ0n) is 12.1. The van der Waals surface area contributed by atoms with Gasteiger partial charge in [0.2, 0.25) is 0 Å². The molecule has 2 aromatic carbocycles. The number of hydrogen-bond acceptors (Lipinski definition) is 1. The maximum Gasteiger partial charge on any atom is 0.130 e. The van der Waals surface area contributed by atoms with Crippen molar-refractivity contribution in [2.45, 2.75) is 38.6 Å². The van der Waals surface area contributed by atoms with Crippen LogP contribution in [0, 0.1) is 18.6 Å². The summed E-state index contributed by atoms with van der Waals surface area (Å²) in [4.78, 5) is 0. The largest absolute Gasteiger partial charge is 0.324 e. The highest BCUT2D eigenvalue weighted by Gasteiger charge is 2.16. The van der Waals surface area contributed by atoms with Gasteiger partial charge in [0.15, 0.2) is 0 Å². The van der Waals surface area contributed by atoms with E-state index in [0.717, 1.165) is 24.5 Å². The molecular weight excluding hydrogens is 268 g/mol. The van der Waals surface area contributed by atoms with Gasteiger partial charge in [-0.25, -0.2) is 8.78 Å². The SMILES string of the molecule is Cc1cc(C(N)Cc2ccc3c(c2)CCC3)c(F)cc1F. The zero-order valence-corrected chi connectivity index (χ0v) is 12.1. The van der Waals surface area contributed by atoms with E-state index in [0.29, 0.717) is 17.5 Å². The molecule has 110 valence electrons. The highest BCUT2D eigenvalue weighted by atomic mass is 19.1. The first-order valence-corrected chi connectivity index (χ1v) is 7.36. The monoisotopic (exact) mass is 287 g/mol. The first-order chi connectivity index (χ1) is 10.0. The van der Waals surface area contributed by atoms with Crippen molar-refractivity contribution >= 4 is 0 Å². The van der Waals surface area contributed by atoms with Crippen LogP contribution >= 0.6 is 0 Å². The predicted molar refractivity (Wildman–Crippen MR) is 80.2 cm³/mol. The van der Waals surface area contributed by atoms with E-state index >= 15 is 0 Å². The van der Waals surface area contributed by atoms with E-state index in [2.05, 4.69) is 18.2 Å². The van der Waals surface area contributed by atoms with Gasteiger partial charge in [0.05, 0.1) is 0 Å². The quantitative estimate of drug-likeness (QED) is 0.907. The van der Waals surface area contributed by atoms with E-state index in [1.54, 1.807) is 6.92 Å². The Morgan fingerprint density at radius 3 is 2.62 bits per heavy atom. The van der Waals surface area contributed by atoms with Crippen LogP contribution in [0.1, 0.15) is 40.3 Å². The summed E-state index contributed by atoms with van der Waals surface area (Å²) in [5.74, 6) is -1.09. The maximum atomic E-state index is 13.9. The van der Waals surface area contributed by atoms with Gasteiger partial charge < -0.3 is 5.73 Å². The van der Waals surface area contributed by atoms with E-state index in [9.17, 15) is 8.78 Å². The van der Waals surface area contributed by atoms with Gasteiger partial charge >= 0.3 is 0 Å². The fourth-order valence-electron chi connectivity index (χ4n) is 3.08. The summed E-state index contributed by atoms with van der Waals surface area (Å²) in [5.41, 5.74) is 10.9. The Bertz CT molecular complexity index is 679. The third kappa shape index (κ3) is 2.84. The Kier molecular flexibility index (Phi) is 3.77. The lowest BCUT2D eigenvalue weighted by molar-refractivity contribution is 0.549. The summed E-state index contributed by atoms with van der Waals surface area (Å²) in [6.45, 7) is 1.63. The molecule has 1 unspecified atom stereocenters. The van der Waals surface area contributed by atoms with Crippen LogP contribution in [-0.2, 0) is 19.3 Å². The number of halogens is 2. The Balaban J connectivity index is 1.83. The Morgan fingerprint density at radius 2 is 1.81 bits per heavy atom. The third-order valence-electron chi connectivity index (χ3n) is 4.30. The van der Waals surface area contributed by atoms with Crippen LogP contribution in [0.25, 0.3) is 0 Å². The molecule has 0 spiro atoms. The van der Waals surface area contributed by atoms with E-state index < -0.39 is 17.7 Å². The number of aryl methyl sites for hydroxylation is 3. The predicted octanol–water partition coefficient (Wildman–Crippen LogP) is 4.00.